The number of benzene rings is 1. The minimum absolute atomic E-state index is 0.0526. The minimum atomic E-state index is -0.645. The molecule has 21 heavy (non-hydrogen) atoms. The summed E-state index contributed by atoms with van der Waals surface area (Å²) in [7, 11) is 0. The summed E-state index contributed by atoms with van der Waals surface area (Å²) in [6, 6.07) is 9.95. The van der Waals surface area contributed by atoms with E-state index in [2.05, 4.69) is 10.3 Å². The third kappa shape index (κ3) is 4.24. The molecule has 1 amide bonds. The van der Waals surface area contributed by atoms with E-state index in [9.17, 15) is 14.3 Å². The number of pyridine rings is 1. The minimum Gasteiger partial charge on any atom is -0.394 e. The molecule has 1 atom stereocenters. The fourth-order valence-electron chi connectivity index (χ4n) is 1.90. The lowest BCUT2D eigenvalue weighted by molar-refractivity contribution is 0.0916. The molecule has 0 spiro atoms. The lowest BCUT2D eigenvalue weighted by Crippen LogP contribution is -2.39. The Morgan fingerprint density at radius 1 is 1.38 bits per heavy atom. The van der Waals surface area contributed by atoms with Crippen molar-refractivity contribution in [3.8, 4) is 0 Å². The first-order chi connectivity index (χ1) is 10.1. The lowest BCUT2D eigenvalue weighted by atomic mass is 10.1. The van der Waals surface area contributed by atoms with Gasteiger partial charge in [0.15, 0.2) is 0 Å². The van der Waals surface area contributed by atoms with Gasteiger partial charge in [-0.05, 0) is 18.1 Å². The van der Waals surface area contributed by atoms with E-state index >= 15 is 0 Å². The number of rotatable bonds is 5. The van der Waals surface area contributed by atoms with E-state index in [1.807, 2.05) is 30.3 Å². The Bertz CT molecular complexity index is 622. The Morgan fingerprint density at radius 3 is 2.76 bits per heavy atom. The largest absolute Gasteiger partial charge is 0.394 e. The monoisotopic (exact) mass is 308 g/mol. The highest BCUT2D eigenvalue weighted by molar-refractivity contribution is 6.32. The summed E-state index contributed by atoms with van der Waals surface area (Å²) in [6.45, 7) is -0.235. The first-order valence-corrected chi connectivity index (χ1v) is 6.74. The van der Waals surface area contributed by atoms with Crippen molar-refractivity contribution in [1.29, 1.82) is 0 Å². The first kappa shape index (κ1) is 15.4. The van der Waals surface area contributed by atoms with Crippen LogP contribution in [0, 0.1) is 5.82 Å². The molecule has 110 valence electrons. The van der Waals surface area contributed by atoms with Crippen molar-refractivity contribution >= 4 is 17.5 Å². The van der Waals surface area contributed by atoms with Crippen molar-refractivity contribution in [1.82, 2.24) is 10.3 Å². The van der Waals surface area contributed by atoms with Gasteiger partial charge in [-0.3, -0.25) is 4.79 Å². The lowest BCUT2D eigenvalue weighted by Gasteiger charge is -2.16. The number of amides is 1. The standard InChI is InChI=1S/C15H14ClFN2O2/c16-14-13(7-11(17)8-18-14)15(21)19-12(9-20)6-10-4-2-1-3-5-10/h1-5,7-8,12,20H,6,9H2,(H,19,21). The van der Waals surface area contributed by atoms with Gasteiger partial charge in [-0.1, -0.05) is 41.9 Å². The topological polar surface area (TPSA) is 62.2 Å². The summed E-state index contributed by atoms with van der Waals surface area (Å²) in [4.78, 5) is 15.6. The van der Waals surface area contributed by atoms with Crippen LogP contribution >= 0.6 is 11.6 Å². The van der Waals surface area contributed by atoms with Crippen molar-refractivity contribution in [2.75, 3.05) is 6.61 Å². The van der Waals surface area contributed by atoms with Gasteiger partial charge in [-0.2, -0.15) is 0 Å². The maximum atomic E-state index is 13.1. The molecule has 1 aromatic carbocycles. The number of nitrogens with zero attached hydrogens (tertiary/aromatic N) is 1. The first-order valence-electron chi connectivity index (χ1n) is 6.37. The fourth-order valence-corrected chi connectivity index (χ4v) is 2.09. The van der Waals surface area contributed by atoms with E-state index in [0.717, 1.165) is 17.8 Å². The molecule has 0 fully saturated rings. The maximum absolute atomic E-state index is 13.1. The van der Waals surface area contributed by atoms with Crippen molar-refractivity contribution in [2.24, 2.45) is 0 Å². The molecular weight excluding hydrogens is 295 g/mol. The number of hydrogen-bond acceptors (Lipinski definition) is 3. The van der Waals surface area contributed by atoms with Crippen LogP contribution < -0.4 is 5.32 Å². The van der Waals surface area contributed by atoms with E-state index in [1.165, 1.54) is 0 Å². The van der Waals surface area contributed by atoms with E-state index in [1.54, 1.807) is 0 Å². The summed E-state index contributed by atoms with van der Waals surface area (Å²) >= 11 is 5.78. The molecule has 0 aliphatic rings. The predicted molar refractivity (Wildman–Crippen MR) is 77.7 cm³/mol. The van der Waals surface area contributed by atoms with Gasteiger partial charge < -0.3 is 10.4 Å². The number of aliphatic hydroxyl groups is 1. The van der Waals surface area contributed by atoms with Gasteiger partial charge in [0.05, 0.1) is 24.4 Å². The Kier molecular flexibility index (Phi) is 5.25. The highest BCUT2D eigenvalue weighted by Crippen LogP contribution is 2.14. The number of carbonyl (C=O) groups is 1. The van der Waals surface area contributed by atoms with Crippen LogP contribution in [0.4, 0.5) is 4.39 Å². The fraction of sp³-hybridized carbons (Fsp3) is 0.200. The third-order valence-electron chi connectivity index (χ3n) is 2.93. The zero-order valence-corrected chi connectivity index (χ0v) is 11.8. The second-order valence-electron chi connectivity index (χ2n) is 4.53. The van der Waals surface area contributed by atoms with Gasteiger partial charge in [0.2, 0.25) is 0 Å². The van der Waals surface area contributed by atoms with Gasteiger partial charge in [0.25, 0.3) is 5.91 Å². The molecule has 0 aliphatic carbocycles. The molecule has 0 aliphatic heterocycles. The van der Waals surface area contributed by atoms with Crippen LogP contribution in [-0.2, 0) is 6.42 Å². The number of aliphatic hydroxyl groups excluding tert-OH is 1. The molecule has 2 N–H and O–H groups in total. The molecule has 2 rings (SSSR count). The predicted octanol–water partition coefficient (Wildman–Crippen LogP) is 2.21. The quantitative estimate of drug-likeness (QED) is 0.833. The Morgan fingerprint density at radius 2 is 2.10 bits per heavy atom. The smallest absolute Gasteiger partial charge is 0.254 e. The van der Waals surface area contributed by atoms with Crippen LogP contribution in [0.5, 0.6) is 0 Å². The molecule has 6 heteroatoms. The van der Waals surface area contributed by atoms with Crippen molar-refractivity contribution in [3.05, 3.63) is 64.7 Å². The van der Waals surface area contributed by atoms with Crippen molar-refractivity contribution in [3.63, 3.8) is 0 Å². The highest BCUT2D eigenvalue weighted by Gasteiger charge is 2.17. The zero-order valence-electron chi connectivity index (χ0n) is 11.1. The second-order valence-corrected chi connectivity index (χ2v) is 4.89. The van der Waals surface area contributed by atoms with Crippen LogP contribution in [0.1, 0.15) is 15.9 Å². The van der Waals surface area contributed by atoms with Gasteiger partial charge >= 0.3 is 0 Å². The molecule has 1 unspecified atom stereocenters. The summed E-state index contributed by atoms with van der Waals surface area (Å²) in [5, 5.41) is 11.9. The van der Waals surface area contributed by atoms with Gasteiger partial charge in [0, 0.05) is 0 Å². The molecule has 1 heterocycles. The molecular formula is C15H14ClFN2O2. The van der Waals surface area contributed by atoms with Gasteiger partial charge in [-0.25, -0.2) is 9.37 Å². The number of aromatic nitrogens is 1. The van der Waals surface area contributed by atoms with Gasteiger partial charge in [-0.15, -0.1) is 0 Å². The SMILES string of the molecule is O=C(NC(CO)Cc1ccccc1)c1cc(F)cnc1Cl. The highest BCUT2D eigenvalue weighted by atomic mass is 35.5. The van der Waals surface area contributed by atoms with Crippen LogP contribution in [-0.4, -0.2) is 28.6 Å². The second kappa shape index (κ2) is 7.15. The van der Waals surface area contributed by atoms with Crippen LogP contribution in [0.2, 0.25) is 5.15 Å². The molecule has 0 bridgehead atoms. The maximum Gasteiger partial charge on any atom is 0.254 e. The average molecular weight is 309 g/mol. The van der Waals surface area contributed by atoms with Crippen molar-refractivity contribution < 1.29 is 14.3 Å². The molecule has 2 aromatic rings. The van der Waals surface area contributed by atoms with Crippen LogP contribution in [0.25, 0.3) is 0 Å². The Hall–Kier alpha value is -1.98. The van der Waals surface area contributed by atoms with E-state index in [4.69, 9.17) is 11.6 Å². The molecule has 4 nitrogen and oxygen atoms in total. The summed E-state index contributed by atoms with van der Waals surface area (Å²) < 4.78 is 13.1. The number of hydrogen-bond donors (Lipinski definition) is 2. The van der Waals surface area contributed by atoms with E-state index in [0.29, 0.717) is 6.42 Å². The van der Waals surface area contributed by atoms with E-state index < -0.39 is 17.8 Å². The number of carbonyl (C=O) groups excluding carboxylic acids is 1. The summed E-state index contributed by atoms with van der Waals surface area (Å²) in [6.07, 6.45) is 1.40. The summed E-state index contributed by atoms with van der Waals surface area (Å²) in [5.41, 5.74) is 0.920. The van der Waals surface area contributed by atoms with Gasteiger partial charge in [0.1, 0.15) is 11.0 Å². The Balaban J connectivity index is 2.07. The molecule has 0 saturated heterocycles. The number of nitrogens with one attached hydrogen (secondary N) is 1. The van der Waals surface area contributed by atoms with E-state index in [-0.39, 0.29) is 17.3 Å². The third-order valence-corrected chi connectivity index (χ3v) is 3.23. The van der Waals surface area contributed by atoms with Crippen molar-refractivity contribution in [2.45, 2.75) is 12.5 Å². The normalized spacial score (nSPS) is 12.0. The Labute approximate surface area is 126 Å². The van der Waals surface area contributed by atoms with Crippen LogP contribution in [0.3, 0.4) is 0 Å². The average Bonchev–Trinajstić information content (AvgIpc) is 2.50. The number of halogens is 2. The summed E-state index contributed by atoms with van der Waals surface area (Å²) in [5.74, 6) is -1.21. The zero-order chi connectivity index (χ0) is 15.2. The molecule has 0 radical (unpaired) electrons. The molecule has 0 saturated carbocycles. The van der Waals surface area contributed by atoms with Crippen LogP contribution in [0.15, 0.2) is 42.6 Å². The molecule has 1 aromatic heterocycles.